The molecule has 0 atom stereocenters. The van der Waals surface area contributed by atoms with Crippen LogP contribution in [0, 0.1) is 0 Å². The fourth-order valence-electron chi connectivity index (χ4n) is 2.47. The van der Waals surface area contributed by atoms with Gasteiger partial charge in [0.05, 0.1) is 5.75 Å². The Kier molecular flexibility index (Phi) is 6.23. The quantitative estimate of drug-likeness (QED) is 0.762. The maximum atomic E-state index is 12.3. The average Bonchev–Trinajstić information content (AvgIpc) is 2.52. The van der Waals surface area contributed by atoms with Crippen molar-refractivity contribution < 1.29 is 13.2 Å². The number of hydrogen-bond donors (Lipinski definition) is 1. The molecule has 1 amide bonds. The topological polar surface area (TPSA) is 66.5 Å². The Morgan fingerprint density at radius 1 is 1.27 bits per heavy atom. The molecule has 1 heterocycles. The van der Waals surface area contributed by atoms with Gasteiger partial charge >= 0.3 is 0 Å². The summed E-state index contributed by atoms with van der Waals surface area (Å²) < 4.78 is 26.2. The van der Waals surface area contributed by atoms with Gasteiger partial charge in [-0.05, 0) is 24.0 Å². The first-order valence-corrected chi connectivity index (χ1v) is 9.54. The minimum atomic E-state index is -3.35. The van der Waals surface area contributed by atoms with Crippen molar-refractivity contribution in [1.29, 1.82) is 0 Å². The molecule has 122 valence electrons. The van der Waals surface area contributed by atoms with Gasteiger partial charge in [-0.15, -0.1) is 11.6 Å². The molecule has 1 aliphatic rings. The Labute approximate surface area is 136 Å². The SMILES string of the molecule is O=C(CCCCl)NCCS(=O)(=O)N1CCc2ccccc2C1. The molecule has 22 heavy (non-hydrogen) atoms. The van der Waals surface area contributed by atoms with Crippen LogP contribution in [0.25, 0.3) is 0 Å². The number of rotatable bonds is 7. The molecule has 0 saturated heterocycles. The first-order valence-electron chi connectivity index (χ1n) is 7.40. The zero-order chi connectivity index (χ0) is 16.0. The number of halogens is 1. The second-order valence-corrected chi connectivity index (χ2v) is 7.78. The molecule has 0 saturated carbocycles. The van der Waals surface area contributed by atoms with Crippen LogP contribution in [-0.4, -0.2) is 43.4 Å². The molecule has 1 aromatic rings. The van der Waals surface area contributed by atoms with Crippen molar-refractivity contribution in [2.24, 2.45) is 0 Å². The summed E-state index contributed by atoms with van der Waals surface area (Å²) in [7, 11) is -3.35. The number of alkyl halides is 1. The maximum absolute atomic E-state index is 12.3. The second kappa shape index (κ2) is 7.94. The lowest BCUT2D eigenvalue weighted by molar-refractivity contribution is -0.120. The Morgan fingerprint density at radius 2 is 2.00 bits per heavy atom. The lowest BCUT2D eigenvalue weighted by atomic mass is 10.0. The van der Waals surface area contributed by atoms with Crippen LogP contribution in [0.15, 0.2) is 24.3 Å². The highest BCUT2D eigenvalue weighted by Gasteiger charge is 2.26. The molecule has 0 fully saturated rings. The highest BCUT2D eigenvalue weighted by Crippen LogP contribution is 2.20. The van der Waals surface area contributed by atoms with Crippen LogP contribution in [0.3, 0.4) is 0 Å². The van der Waals surface area contributed by atoms with Gasteiger partial charge in [0.2, 0.25) is 15.9 Å². The fraction of sp³-hybridized carbons (Fsp3) is 0.533. The summed E-state index contributed by atoms with van der Waals surface area (Å²) in [5, 5.41) is 2.63. The zero-order valence-electron chi connectivity index (χ0n) is 12.4. The molecule has 1 aliphatic heterocycles. The molecular weight excluding hydrogens is 324 g/mol. The van der Waals surface area contributed by atoms with E-state index in [0.717, 1.165) is 12.0 Å². The van der Waals surface area contributed by atoms with Crippen molar-refractivity contribution in [3.05, 3.63) is 35.4 Å². The monoisotopic (exact) mass is 344 g/mol. The molecule has 1 N–H and O–H groups in total. The van der Waals surface area contributed by atoms with Gasteiger partial charge in [0, 0.05) is 31.9 Å². The van der Waals surface area contributed by atoms with Gasteiger partial charge < -0.3 is 5.32 Å². The van der Waals surface area contributed by atoms with E-state index in [1.165, 1.54) is 9.87 Å². The van der Waals surface area contributed by atoms with Crippen molar-refractivity contribution in [2.45, 2.75) is 25.8 Å². The van der Waals surface area contributed by atoms with Gasteiger partial charge in [-0.25, -0.2) is 8.42 Å². The Balaban J connectivity index is 1.85. The summed E-state index contributed by atoms with van der Waals surface area (Å²) in [6.45, 7) is 1.06. The molecule has 0 spiro atoms. The van der Waals surface area contributed by atoms with Crippen molar-refractivity contribution in [1.82, 2.24) is 9.62 Å². The summed E-state index contributed by atoms with van der Waals surface area (Å²) >= 11 is 5.51. The van der Waals surface area contributed by atoms with Gasteiger partial charge in [0.1, 0.15) is 0 Å². The summed E-state index contributed by atoms with van der Waals surface area (Å²) in [5.74, 6) is 0.209. The number of fused-ring (bicyclic) bond motifs is 1. The van der Waals surface area contributed by atoms with Crippen LogP contribution in [0.4, 0.5) is 0 Å². The van der Waals surface area contributed by atoms with Crippen molar-refractivity contribution >= 4 is 27.5 Å². The van der Waals surface area contributed by atoms with E-state index < -0.39 is 10.0 Å². The standard InChI is InChI=1S/C15H21ClN2O3S/c16-8-3-6-15(19)17-9-11-22(20,21)18-10-7-13-4-1-2-5-14(13)12-18/h1-2,4-5H,3,6-12H2,(H,17,19). The Morgan fingerprint density at radius 3 is 2.73 bits per heavy atom. The number of nitrogens with zero attached hydrogens (tertiary/aromatic N) is 1. The molecule has 2 rings (SSSR count). The minimum absolute atomic E-state index is 0.0677. The number of benzene rings is 1. The average molecular weight is 345 g/mol. The fourth-order valence-corrected chi connectivity index (χ4v) is 3.93. The third-order valence-electron chi connectivity index (χ3n) is 3.71. The van der Waals surface area contributed by atoms with Crippen LogP contribution in [0.1, 0.15) is 24.0 Å². The molecule has 5 nitrogen and oxygen atoms in total. The highest BCUT2D eigenvalue weighted by molar-refractivity contribution is 7.89. The molecule has 0 aromatic heterocycles. The predicted molar refractivity (Wildman–Crippen MR) is 87.3 cm³/mol. The van der Waals surface area contributed by atoms with Crippen LogP contribution in [0.2, 0.25) is 0 Å². The van der Waals surface area contributed by atoms with Crippen molar-refractivity contribution in [2.75, 3.05) is 24.7 Å². The van der Waals surface area contributed by atoms with E-state index >= 15 is 0 Å². The second-order valence-electron chi connectivity index (χ2n) is 5.31. The van der Waals surface area contributed by atoms with Gasteiger partial charge in [-0.3, -0.25) is 4.79 Å². The number of sulfonamides is 1. The third kappa shape index (κ3) is 4.69. The first kappa shape index (κ1) is 17.2. The number of hydrogen-bond acceptors (Lipinski definition) is 3. The molecule has 0 bridgehead atoms. The normalized spacial score (nSPS) is 15.3. The molecule has 1 aromatic carbocycles. The lowest BCUT2D eigenvalue weighted by Crippen LogP contribution is -2.40. The number of amides is 1. The van der Waals surface area contributed by atoms with Gasteiger partial charge in [-0.1, -0.05) is 24.3 Å². The summed E-state index contributed by atoms with van der Waals surface area (Å²) in [6.07, 6.45) is 1.67. The third-order valence-corrected chi connectivity index (χ3v) is 5.79. The van der Waals surface area contributed by atoms with Crippen molar-refractivity contribution in [3.63, 3.8) is 0 Å². The zero-order valence-corrected chi connectivity index (χ0v) is 14.0. The Bertz CT molecular complexity index is 619. The smallest absolute Gasteiger partial charge is 0.220 e. The lowest BCUT2D eigenvalue weighted by Gasteiger charge is -2.28. The number of carbonyl (C=O) groups excluding carboxylic acids is 1. The van der Waals surface area contributed by atoms with Crippen molar-refractivity contribution in [3.8, 4) is 0 Å². The molecular formula is C15H21ClN2O3S. The van der Waals surface area contributed by atoms with Gasteiger partial charge in [0.25, 0.3) is 0 Å². The molecule has 0 unspecified atom stereocenters. The van der Waals surface area contributed by atoms with E-state index in [2.05, 4.69) is 5.32 Å². The maximum Gasteiger partial charge on any atom is 0.220 e. The molecule has 0 radical (unpaired) electrons. The summed E-state index contributed by atoms with van der Waals surface area (Å²) in [6, 6.07) is 7.90. The van der Waals surface area contributed by atoms with E-state index in [4.69, 9.17) is 11.6 Å². The largest absolute Gasteiger partial charge is 0.355 e. The van der Waals surface area contributed by atoms with E-state index in [1.807, 2.05) is 24.3 Å². The molecule has 0 aliphatic carbocycles. The highest BCUT2D eigenvalue weighted by atomic mass is 35.5. The van der Waals surface area contributed by atoms with E-state index in [0.29, 0.717) is 31.8 Å². The van der Waals surface area contributed by atoms with Gasteiger partial charge in [0.15, 0.2) is 0 Å². The van der Waals surface area contributed by atoms with E-state index in [1.54, 1.807) is 0 Å². The number of nitrogens with one attached hydrogen (secondary N) is 1. The summed E-state index contributed by atoms with van der Waals surface area (Å²) in [5.41, 5.74) is 2.27. The molecule has 7 heteroatoms. The van der Waals surface area contributed by atoms with Crippen LogP contribution in [-0.2, 0) is 27.8 Å². The summed E-state index contributed by atoms with van der Waals surface area (Å²) in [4.78, 5) is 11.4. The Hall–Kier alpha value is -1.11. The minimum Gasteiger partial charge on any atom is -0.355 e. The number of carbonyl (C=O) groups is 1. The van der Waals surface area contributed by atoms with Gasteiger partial charge in [-0.2, -0.15) is 4.31 Å². The van der Waals surface area contributed by atoms with E-state index in [9.17, 15) is 13.2 Å². The first-order chi connectivity index (χ1) is 10.5. The predicted octanol–water partition coefficient (Wildman–Crippen LogP) is 1.51. The van der Waals surface area contributed by atoms with Crippen LogP contribution >= 0.6 is 11.6 Å². The van der Waals surface area contributed by atoms with Crippen LogP contribution in [0.5, 0.6) is 0 Å². The van der Waals surface area contributed by atoms with Crippen LogP contribution < -0.4 is 5.32 Å². The van der Waals surface area contributed by atoms with E-state index in [-0.39, 0.29) is 18.2 Å².